The summed E-state index contributed by atoms with van der Waals surface area (Å²) in [5.41, 5.74) is 2.34. The summed E-state index contributed by atoms with van der Waals surface area (Å²) in [7, 11) is 0. The molecule has 0 amide bonds. The van der Waals surface area contributed by atoms with Gasteiger partial charge in [0.25, 0.3) is 0 Å². The Morgan fingerprint density at radius 2 is 1.88 bits per heavy atom. The zero-order valence-electron chi connectivity index (χ0n) is 8.83. The molecule has 0 bridgehead atoms. The van der Waals surface area contributed by atoms with E-state index in [1.54, 1.807) is 11.3 Å². The average molecular weight is 258 g/mol. The molecule has 1 N–H and O–H groups in total. The number of fused-ring (bicyclic) bond motifs is 5. The van der Waals surface area contributed by atoms with Crippen molar-refractivity contribution < 1.29 is 0 Å². The average Bonchev–Trinajstić information content (AvgIpc) is 2.85. The topological polar surface area (TPSA) is 15.8 Å². The lowest BCUT2D eigenvalue weighted by molar-refractivity contribution is 1.57. The number of H-pyrrole nitrogens is 1. The van der Waals surface area contributed by atoms with E-state index < -0.39 is 0 Å². The third-order valence-electron chi connectivity index (χ3n) is 3.10. The quantitative estimate of drug-likeness (QED) is 0.446. The number of thiophene rings is 1. The Morgan fingerprint density at radius 3 is 2.82 bits per heavy atom. The van der Waals surface area contributed by atoms with Crippen LogP contribution in [0.5, 0.6) is 0 Å². The number of halogens is 1. The standard InChI is InChI=1S/C14H8ClNS/c15-9-5-3-7-11-12(9)13-14(17-11)8-4-1-2-6-10(8)16-13/h1-7,16H. The van der Waals surface area contributed by atoms with Gasteiger partial charge in [0, 0.05) is 21.0 Å². The number of para-hydroxylation sites is 1. The number of nitrogens with one attached hydrogen (secondary N) is 1. The molecule has 4 rings (SSSR count). The molecule has 1 nitrogen and oxygen atoms in total. The molecule has 0 fully saturated rings. The predicted molar refractivity (Wildman–Crippen MR) is 76.2 cm³/mol. The van der Waals surface area contributed by atoms with Crippen molar-refractivity contribution in [2.45, 2.75) is 0 Å². The Labute approximate surface area is 107 Å². The third kappa shape index (κ3) is 1.20. The minimum Gasteiger partial charge on any atom is -0.353 e. The van der Waals surface area contributed by atoms with Crippen LogP contribution in [0.3, 0.4) is 0 Å². The third-order valence-corrected chi connectivity index (χ3v) is 4.60. The Balaban J connectivity index is 2.35. The highest BCUT2D eigenvalue weighted by Crippen LogP contribution is 2.41. The molecule has 0 unspecified atom stereocenters. The molecule has 0 spiro atoms. The molecule has 0 saturated heterocycles. The summed E-state index contributed by atoms with van der Waals surface area (Å²) in [5.74, 6) is 0. The lowest BCUT2D eigenvalue weighted by Crippen LogP contribution is -1.69. The molecule has 0 saturated carbocycles. The van der Waals surface area contributed by atoms with Gasteiger partial charge in [0.2, 0.25) is 0 Å². The fourth-order valence-electron chi connectivity index (χ4n) is 2.34. The molecular formula is C14H8ClNS. The molecular weight excluding hydrogens is 250 g/mol. The van der Waals surface area contributed by atoms with E-state index >= 15 is 0 Å². The van der Waals surface area contributed by atoms with Crippen molar-refractivity contribution in [3.63, 3.8) is 0 Å². The molecule has 17 heavy (non-hydrogen) atoms. The summed E-state index contributed by atoms with van der Waals surface area (Å²) in [5, 5.41) is 3.24. The van der Waals surface area contributed by atoms with Crippen LogP contribution in [0.2, 0.25) is 5.02 Å². The van der Waals surface area contributed by atoms with E-state index in [4.69, 9.17) is 11.6 Å². The maximum atomic E-state index is 6.29. The highest BCUT2D eigenvalue weighted by Gasteiger charge is 2.12. The van der Waals surface area contributed by atoms with Gasteiger partial charge in [0.1, 0.15) is 0 Å². The molecule has 3 heteroatoms. The molecule has 2 aromatic heterocycles. The Bertz CT molecular complexity index is 856. The van der Waals surface area contributed by atoms with Gasteiger partial charge in [-0.3, -0.25) is 0 Å². The highest BCUT2D eigenvalue weighted by atomic mass is 35.5. The van der Waals surface area contributed by atoms with Gasteiger partial charge in [-0.2, -0.15) is 0 Å². The first-order valence-corrected chi connectivity index (χ1v) is 6.61. The second kappa shape index (κ2) is 3.25. The summed E-state index contributed by atoms with van der Waals surface area (Å²) in [4.78, 5) is 3.47. The molecule has 2 heterocycles. The first kappa shape index (κ1) is 9.51. The number of hydrogen-bond donors (Lipinski definition) is 1. The minimum atomic E-state index is 0.820. The summed E-state index contributed by atoms with van der Waals surface area (Å²) in [6.07, 6.45) is 0. The summed E-state index contributed by atoms with van der Waals surface area (Å²) >= 11 is 8.09. The SMILES string of the molecule is Clc1cccc2sc3c4ccccc4[nH]c3c12. The molecule has 2 aromatic carbocycles. The first-order chi connectivity index (χ1) is 8.34. The predicted octanol–water partition coefficient (Wildman–Crippen LogP) is 5.19. The van der Waals surface area contributed by atoms with Crippen LogP contribution < -0.4 is 0 Å². The Morgan fingerprint density at radius 1 is 1.00 bits per heavy atom. The van der Waals surface area contributed by atoms with Crippen LogP contribution in [-0.2, 0) is 0 Å². The number of benzene rings is 2. The van der Waals surface area contributed by atoms with E-state index in [-0.39, 0.29) is 0 Å². The molecule has 0 aliphatic heterocycles. The largest absolute Gasteiger partial charge is 0.353 e. The number of aromatic nitrogens is 1. The fourth-order valence-corrected chi connectivity index (χ4v) is 3.89. The van der Waals surface area contributed by atoms with Crippen molar-refractivity contribution in [2.24, 2.45) is 0 Å². The molecule has 0 radical (unpaired) electrons. The molecule has 82 valence electrons. The maximum Gasteiger partial charge on any atom is 0.0669 e. The van der Waals surface area contributed by atoms with Crippen LogP contribution in [0.1, 0.15) is 0 Å². The second-order valence-corrected chi connectivity index (χ2v) is 5.55. The van der Waals surface area contributed by atoms with Gasteiger partial charge in [-0.15, -0.1) is 11.3 Å². The van der Waals surface area contributed by atoms with Crippen molar-refractivity contribution in [3.8, 4) is 0 Å². The van der Waals surface area contributed by atoms with Gasteiger partial charge < -0.3 is 4.98 Å². The van der Waals surface area contributed by atoms with Crippen LogP contribution in [-0.4, -0.2) is 4.98 Å². The van der Waals surface area contributed by atoms with Gasteiger partial charge >= 0.3 is 0 Å². The van der Waals surface area contributed by atoms with Crippen molar-refractivity contribution in [2.75, 3.05) is 0 Å². The van der Waals surface area contributed by atoms with Gasteiger partial charge in [0.05, 0.1) is 15.2 Å². The van der Waals surface area contributed by atoms with Crippen LogP contribution >= 0.6 is 22.9 Å². The zero-order valence-corrected chi connectivity index (χ0v) is 10.4. The van der Waals surface area contributed by atoms with E-state index in [1.807, 2.05) is 18.2 Å². The van der Waals surface area contributed by atoms with Crippen molar-refractivity contribution >= 4 is 54.1 Å². The zero-order chi connectivity index (χ0) is 11.4. The Kier molecular flexibility index (Phi) is 1.82. The molecule has 4 aromatic rings. The van der Waals surface area contributed by atoms with Crippen LogP contribution in [0.4, 0.5) is 0 Å². The van der Waals surface area contributed by atoms with Crippen LogP contribution in [0.25, 0.3) is 31.2 Å². The van der Waals surface area contributed by atoms with Crippen molar-refractivity contribution in [1.29, 1.82) is 0 Å². The normalized spacial score (nSPS) is 11.8. The number of aromatic amines is 1. The summed E-state index contributed by atoms with van der Waals surface area (Å²) < 4.78 is 2.54. The van der Waals surface area contributed by atoms with Crippen molar-refractivity contribution in [1.82, 2.24) is 4.98 Å². The second-order valence-electron chi connectivity index (χ2n) is 4.09. The van der Waals surface area contributed by atoms with E-state index in [9.17, 15) is 0 Å². The van der Waals surface area contributed by atoms with Gasteiger partial charge in [-0.1, -0.05) is 35.9 Å². The lowest BCUT2D eigenvalue weighted by Gasteiger charge is -1.92. The lowest BCUT2D eigenvalue weighted by atomic mass is 10.2. The number of hydrogen-bond acceptors (Lipinski definition) is 1. The molecule has 0 atom stereocenters. The highest BCUT2D eigenvalue weighted by molar-refractivity contribution is 7.26. The first-order valence-electron chi connectivity index (χ1n) is 5.42. The summed E-state index contributed by atoms with van der Waals surface area (Å²) in [6.45, 7) is 0. The minimum absolute atomic E-state index is 0.820. The van der Waals surface area contributed by atoms with E-state index in [2.05, 4.69) is 29.2 Å². The van der Waals surface area contributed by atoms with Crippen LogP contribution in [0, 0.1) is 0 Å². The van der Waals surface area contributed by atoms with E-state index in [1.165, 1.54) is 20.3 Å². The number of rotatable bonds is 0. The van der Waals surface area contributed by atoms with Crippen LogP contribution in [0.15, 0.2) is 42.5 Å². The summed E-state index contributed by atoms with van der Waals surface area (Å²) in [6, 6.07) is 14.4. The van der Waals surface area contributed by atoms with E-state index in [0.717, 1.165) is 15.9 Å². The van der Waals surface area contributed by atoms with Gasteiger partial charge in [-0.05, 0) is 18.2 Å². The molecule has 0 aliphatic carbocycles. The fraction of sp³-hybridized carbons (Fsp3) is 0. The van der Waals surface area contributed by atoms with E-state index in [0.29, 0.717) is 0 Å². The monoisotopic (exact) mass is 257 g/mol. The van der Waals surface area contributed by atoms with Gasteiger partial charge in [-0.25, -0.2) is 0 Å². The smallest absolute Gasteiger partial charge is 0.0669 e. The Hall–Kier alpha value is -1.51. The molecule has 0 aliphatic rings. The maximum absolute atomic E-state index is 6.29. The van der Waals surface area contributed by atoms with Crippen molar-refractivity contribution in [3.05, 3.63) is 47.5 Å². The van der Waals surface area contributed by atoms with Gasteiger partial charge in [0.15, 0.2) is 0 Å².